The van der Waals surface area contributed by atoms with Crippen LogP contribution in [0.5, 0.6) is 17.2 Å². The number of benzene rings is 2. The van der Waals surface area contributed by atoms with Crippen molar-refractivity contribution in [3.05, 3.63) is 52.5 Å². The number of hydrogen-bond donors (Lipinski definition) is 1. The molecule has 3 heteroatoms. The number of ether oxygens (including phenoxy) is 1. The fraction of sp³-hybridized carbons (Fsp3) is 0.400. The van der Waals surface area contributed by atoms with Gasteiger partial charge in [-0.15, -0.1) is 0 Å². The summed E-state index contributed by atoms with van der Waals surface area (Å²) >= 11 is 5.92. The van der Waals surface area contributed by atoms with Crippen LogP contribution in [-0.4, -0.2) is 5.11 Å². The number of halogens is 1. The van der Waals surface area contributed by atoms with Gasteiger partial charge in [-0.3, -0.25) is 0 Å². The van der Waals surface area contributed by atoms with Crippen molar-refractivity contribution >= 4 is 11.6 Å². The summed E-state index contributed by atoms with van der Waals surface area (Å²) in [6, 6.07) is 11.1. The van der Waals surface area contributed by atoms with E-state index in [-0.39, 0.29) is 10.8 Å². The molecule has 0 aliphatic carbocycles. The number of rotatable bonds is 2. The zero-order chi connectivity index (χ0) is 17.4. The monoisotopic (exact) mass is 332 g/mol. The van der Waals surface area contributed by atoms with Crippen LogP contribution >= 0.6 is 11.6 Å². The first kappa shape index (κ1) is 17.7. The third-order valence-electron chi connectivity index (χ3n) is 3.75. The van der Waals surface area contributed by atoms with Gasteiger partial charge in [-0.05, 0) is 47.2 Å². The van der Waals surface area contributed by atoms with Crippen LogP contribution in [0, 0.1) is 0 Å². The summed E-state index contributed by atoms with van der Waals surface area (Å²) < 4.78 is 5.99. The van der Waals surface area contributed by atoms with Crippen LogP contribution < -0.4 is 4.74 Å². The van der Waals surface area contributed by atoms with Crippen LogP contribution in [0.1, 0.15) is 52.7 Å². The summed E-state index contributed by atoms with van der Waals surface area (Å²) in [5.41, 5.74) is 1.41. The number of hydrogen-bond acceptors (Lipinski definition) is 2. The first-order chi connectivity index (χ1) is 10.5. The lowest BCUT2D eigenvalue weighted by Crippen LogP contribution is -2.17. The molecular weight excluding hydrogens is 308 g/mol. The van der Waals surface area contributed by atoms with E-state index in [0.29, 0.717) is 10.8 Å². The average Bonchev–Trinajstić information content (AvgIpc) is 2.40. The van der Waals surface area contributed by atoms with Crippen molar-refractivity contribution in [1.29, 1.82) is 0 Å². The van der Waals surface area contributed by atoms with E-state index in [1.165, 1.54) is 0 Å². The topological polar surface area (TPSA) is 29.5 Å². The molecule has 2 nitrogen and oxygen atoms in total. The number of phenols is 1. The molecule has 0 atom stereocenters. The van der Waals surface area contributed by atoms with E-state index in [2.05, 4.69) is 41.5 Å². The molecule has 2 aromatic rings. The van der Waals surface area contributed by atoms with Crippen LogP contribution in [0.4, 0.5) is 0 Å². The Labute approximate surface area is 144 Å². The van der Waals surface area contributed by atoms with Gasteiger partial charge in [-0.25, -0.2) is 0 Å². The Balaban J connectivity index is 2.53. The Kier molecular flexibility index (Phi) is 4.68. The maximum Gasteiger partial charge on any atom is 0.128 e. The predicted molar refractivity (Wildman–Crippen MR) is 97.0 cm³/mol. The van der Waals surface area contributed by atoms with Crippen molar-refractivity contribution in [3.63, 3.8) is 0 Å². The Morgan fingerprint density at radius 1 is 0.783 bits per heavy atom. The Morgan fingerprint density at radius 2 is 1.22 bits per heavy atom. The SMILES string of the molecule is CC(C)(C)c1cc(Oc2ccc(Cl)cc2)cc(C(C)(C)C)c1O. The van der Waals surface area contributed by atoms with E-state index in [1.807, 2.05) is 24.3 Å². The predicted octanol–water partition coefficient (Wildman–Crippen LogP) is 6.43. The summed E-state index contributed by atoms with van der Waals surface area (Å²) in [5, 5.41) is 11.4. The zero-order valence-electron chi connectivity index (χ0n) is 14.7. The molecule has 0 fully saturated rings. The second-order valence-corrected chi connectivity index (χ2v) is 8.36. The van der Waals surface area contributed by atoms with Crippen molar-refractivity contribution in [2.24, 2.45) is 0 Å². The van der Waals surface area contributed by atoms with E-state index in [4.69, 9.17) is 16.3 Å². The fourth-order valence-corrected chi connectivity index (χ4v) is 2.58. The van der Waals surface area contributed by atoms with Gasteiger partial charge in [-0.1, -0.05) is 53.1 Å². The Morgan fingerprint density at radius 3 is 1.61 bits per heavy atom. The van der Waals surface area contributed by atoms with Gasteiger partial charge in [0.1, 0.15) is 17.2 Å². The summed E-state index contributed by atoms with van der Waals surface area (Å²) in [6.45, 7) is 12.5. The molecule has 124 valence electrons. The molecule has 0 aliphatic rings. The Bertz CT molecular complexity index is 654. The molecule has 0 aromatic heterocycles. The average molecular weight is 333 g/mol. The van der Waals surface area contributed by atoms with Gasteiger partial charge in [0.2, 0.25) is 0 Å². The minimum Gasteiger partial charge on any atom is -0.507 e. The Hall–Kier alpha value is -1.67. The van der Waals surface area contributed by atoms with E-state index >= 15 is 0 Å². The van der Waals surface area contributed by atoms with Gasteiger partial charge < -0.3 is 9.84 Å². The molecule has 0 aliphatic heterocycles. The molecule has 2 rings (SSSR count). The van der Waals surface area contributed by atoms with Crippen LogP contribution in [0.15, 0.2) is 36.4 Å². The molecule has 0 saturated heterocycles. The molecule has 0 unspecified atom stereocenters. The van der Waals surface area contributed by atoms with Gasteiger partial charge in [0.05, 0.1) is 0 Å². The first-order valence-corrected chi connectivity index (χ1v) is 8.17. The van der Waals surface area contributed by atoms with Crippen LogP contribution in [-0.2, 0) is 10.8 Å². The first-order valence-electron chi connectivity index (χ1n) is 7.80. The molecule has 0 heterocycles. The summed E-state index contributed by atoms with van der Waals surface area (Å²) in [7, 11) is 0. The normalized spacial score (nSPS) is 12.3. The van der Waals surface area contributed by atoms with E-state index in [9.17, 15) is 5.11 Å². The summed E-state index contributed by atoms with van der Waals surface area (Å²) in [5.74, 6) is 1.80. The lowest BCUT2D eigenvalue weighted by Gasteiger charge is -2.28. The van der Waals surface area contributed by atoms with Crippen molar-refractivity contribution in [1.82, 2.24) is 0 Å². The largest absolute Gasteiger partial charge is 0.507 e. The van der Waals surface area contributed by atoms with Gasteiger partial charge in [0.15, 0.2) is 0 Å². The molecule has 0 amide bonds. The van der Waals surface area contributed by atoms with Crippen LogP contribution in [0.25, 0.3) is 0 Å². The summed E-state index contributed by atoms with van der Waals surface area (Å²) in [6.07, 6.45) is 0. The molecule has 23 heavy (non-hydrogen) atoms. The second-order valence-electron chi connectivity index (χ2n) is 7.92. The minimum absolute atomic E-state index is 0.177. The molecule has 0 radical (unpaired) electrons. The molecule has 2 aromatic carbocycles. The maximum absolute atomic E-state index is 10.7. The van der Waals surface area contributed by atoms with Gasteiger partial charge in [0, 0.05) is 16.1 Å². The fourth-order valence-electron chi connectivity index (χ4n) is 2.45. The molecule has 0 spiro atoms. The molecule has 0 saturated carbocycles. The molecule has 1 N–H and O–H groups in total. The third-order valence-corrected chi connectivity index (χ3v) is 4.00. The van der Waals surface area contributed by atoms with Gasteiger partial charge in [0.25, 0.3) is 0 Å². The highest BCUT2D eigenvalue weighted by Crippen LogP contribution is 2.42. The van der Waals surface area contributed by atoms with Gasteiger partial charge >= 0.3 is 0 Å². The standard InChI is InChI=1S/C20H25ClO2/c1-19(2,3)16-11-15(12-17(18(16)22)20(4,5)6)23-14-9-7-13(21)8-10-14/h7-12,22H,1-6H3. The maximum atomic E-state index is 10.7. The number of phenolic OH excluding ortho intramolecular Hbond substituents is 1. The lowest BCUT2D eigenvalue weighted by molar-refractivity contribution is 0.415. The van der Waals surface area contributed by atoms with Crippen molar-refractivity contribution < 1.29 is 9.84 Å². The van der Waals surface area contributed by atoms with E-state index in [1.54, 1.807) is 12.1 Å². The van der Waals surface area contributed by atoms with Crippen molar-refractivity contribution in [2.45, 2.75) is 52.4 Å². The molecular formula is C20H25ClO2. The second kappa shape index (κ2) is 6.09. The third kappa shape index (κ3) is 4.20. The van der Waals surface area contributed by atoms with E-state index < -0.39 is 0 Å². The summed E-state index contributed by atoms with van der Waals surface area (Å²) in [4.78, 5) is 0. The quantitative estimate of drug-likeness (QED) is 0.686. The van der Waals surface area contributed by atoms with E-state index in [0.717, 1.165) is 22.6 Å². The number of aromatic hydroxyl groups is 1. The minimum atomic E-state index is -0.177. The highest BCUT2D eigenvalue weighted by molar-refractivity contribution is 6.30. The van der Waals surface area contributed by atoms with Crippen molar-refractivity contribution in [2.75, 3.05) is 0 Å². The van der Waals surface area contributed by atoms with Gasteiger partial charge in [-0.2, -0.15) is 0 Å². The lowest BCUT2D eigenvalue weighted by atomic mass is 9.79. The highest BCUT2D eigenvalue weighted by Gasteiger charge is 2.27. The van der Waals surface area contributed by atoms with Crippen LogP contribution in [0.2, 0.25) is 5.02 Å². The van der Waals surface area contributed by atoms with Crippen LogP contribution in [0.3, 0.4) is 0 Å². The molecule has 0 bridgehead atoms. The van der Waals surface area contributed by atoms with Crippen molar-refractivity contribution in [3.8, 4) is 17.2 Å². The highest BCUT2D eigenvalue weighted by atomic mass is 35.5. The zero-order valence-corrected chi connectivity index (χ0v) is 15.5. The smallest absolute Gasteiger partial charge is 0.128 e.